The maximum Gasteiger partial charge on any atom is 0.0161 e. The highest BCUT2D eigenvalue weighted by Gasteiger charge is 2.65. The van der Waals surface area contributed by atoms with Gasteiger partial charge in [-0.25, -0.2) is 0 Å². The van der Waals surface area contributed by atoms with Gasteiger partial charge in [-0.05, 0) is 116 Å². The molecule has 0 radical (unpaired) electrons. The minimum absolute atomic E-state index is 0.401. The van der Waals surface area contributed by atoms with E-state index < -0.39 is 0 Å². The Morgan fingerprint density at radius 1 is 0.828 bits per heavy atom. The second-order valence-corrected chi connectivity index (χ2v) is 13.9. The normalized spacial score (nSPS) is 55.0. The minimum Gasteiger partial charge on any atom is -0.172 e. The molecule has 0 heterocycles. The zero-order valence-electron chi connectivity index (χ0n) is 19.9. The lowest BCUT2D eigenvalue weighted by Crippen LogP contribution is -2.61. The second kappa shape index (κ2) is 6.79. The van der Waals surface area contributed by atoms with Crippen LogP contribution in [0.15, 0.2) is 11.6 Å². The van der Waals surface area contributed by atoms with Crippen LogP contribution in [0.5, 0.6) is 0 Å². The molecule has 0 aliphatic heterocycles. The van der Waals surface area contributed by atoms with Crippen LogP contribution < -0.4 is 0 Å². The third-order valence-corrected chi connectivity index (χ3v) is 12.6. The lowest BCUT2D eigenvalue weighted by molar-refractivity contribution is -0.177. The third-order valence-electron chi connectivity index (χ3n) is 11.8. The van der Waals surface area contributed by atoms with Gasteiger partial charge in [0.15, 0.2) is 0 Å². The molecule has 5 fully saturated rings. The molecular formula is C28H46S. The Morgan fingerprint density at radius 2 is 1.62 bits per heavy atom. The van der Waals surface area contributed by atoms with Gasteiger partial charge in [0.25, 0.3) is 0 Å². The van der Waals surface area contributed by atoms with Gasteiger partial charge in [0.05, 0.1) is 0 Å². The van der Waals surface area contributed by atoms with Gasteiger partial charge >= 0.3 is 0 Å². The third kappa shape index (κ3) is 2.77. The van der Waals surface area contributed by atoms with E-state index in [1.165, 1.54) is 77.0 Å². The summed E-state index contributed by atoms with van der Waals surface area (Å²) in [6.07, 6.45) is 19.8. The first-order chi connectivity index (χ1) is 13.7. The van der Waals surface area contributed by atoms with Gasteiger partial charge in [0.1, 0.15) is 0 Å². The van der Waals surface area contributed by atoms with Crippen LogP contribution in [0.25, 0.3) is 0 Å². The van der Waals surface area contributed by atoms with Crippen LogP contribution in [0.3, 0.4) is 0 Å². The SMILES string of the molecule is CC/C=C1\CCC2(C)C(CCC3(C)C4CCC5(S)CCC[C@@H]5C4CCC32)C1(C)C. The highest BCUT2D eigenvalue weighted by molar-refractivity contribution is 7.81. The Bertz CT molecular complexity index is 690. The number of rotatable bonds is 1. The maximum absolute atomic E-state index is 5.31. The fourth-order valence-corrected chi connectivity index (χ4v) is 11.2. The molecule has 0 saturated heterocycles. The van der Waals surface area contributed by atoms with Crippen molar-refractivity contribution in [2.45, 2.75) is 116 Å². The summed E-state index contributed by atoms with van der Waals surface area (Å²) in [4.78, 5) is 0. The van der Waals surface area contributed by atoms with Crippen LogP contribution >= 0.6 is 12.6 Å². The molecule has 7 unspecified atom stereocenters. The van der Waals surface area contributed by atoms with Gasteiger partial charge in [-0.1, -0.05) is 52.7 Å². The van der Waals surface area contributed by atoms with Crippen LogP contribution in [0.4, 0.5) is 0 Å². The summed E-state index contributed by atoms with van der Waals surface area (Å²) in [5.41, 5.74) is 3.33. The van der Waals surface area contributed by atoms with E-state index in [1.54, 1.807) is 5.57 Å². The standard InChI is InChI=1S/C28H46S/c1-6-8-19-12-16-27(5)23(25(19,2)3)14-17-26(4)21-13-18-28(29)15-7-9-22(28)20(21)10-11-24(26)27/h8,20-24,29H,6-7,9-18H2,1-5H3/b19-8+/t20?,21?,22-,23?,24?,26?,27?,28?/m1/s1. The fourth-order valence-electron chi connectivity index (χ4n) is 10.6. The van der Waals surface area contributed by atoms with Crippen molar-refractivity contribution in [3.8, 4) is 0 Å². The molecular weight excluding hydrogens is 368 g/mol. The smallest absolute Gasteiger partial charge is 0.0161 e. The first-order valence-electron chi connectivity index (χ1n) is 13.1. The zero-order valence-corrected chi connectivity index (χ0v) is 20.8. The van der Waals surface area contributed by atoms with E-state index in [4.69, 9.17) is 12.6 Å². The summed E-state index contributed by atoms with van der Waals surface area (Å²) in [6.45, 7) is 13.0. The Morgan fingerprint density at radius 3 is 2.38 bits per heavy atom. The van der Waals surface area contributed by atoms with Crippen molar-refractivity contribution in [1.82, 2.24) is 0 Å². The van der Waals surface area contributed by atoms with Crippen LogP contribution in [-0.4, -0.2) is 4.75 Å². The topological polar surface area (TPSA) is 0 Å². The molecule has 0 bridgehead atoms. The lowest BCUT2D eigenvalue weighted by atomic mass is 9.36. The van der Waals surface area contributed by atoms with E-state index in [2.05, 4.69) is 40.7 Å². The average molecular weight is 415 g/mol. The minimum atomic E-state index is 0.401. The van der Waals surface area contributed by atoms with Crippen molar-refractivity contribution in [3.63, 3.8) is 0 Å². The van der Waals surface area contributed by atoms with Gasteiger partial charge in [0, 0.05) is 4.75 Å². The average Bonchev–Trinajstić information content (AvgIpc) is 3.05. The first-order valence-corrected chi connectivity index (χ1v) is 13.5. The fraction of sp³-hybridized carbons (Fsp3) is 0.929. The molecule has 5 aliphatic rings. The number of allylic oxidation sites excluding steroid dienone is 2. The van der Waals surface area contributed by atoms with Crippen molar-refractivity contribution < 1.29 is 0 Å². The molecule has 5 aliphatic carbocycles. The Balaban J connectivity index is 1.47. The highest BCUT2D eigenvalue weighted by Crippen LogP contribution is 2.73. The van der Waals surface area contributed by atoms with Crippen molar-refractivity contribution >= 4 is 12.6 Å². The van der Waals surface area contributed by atoms with Crippen molar-refractivity contribution in [2.24, 2.45) is 45.8 Å². The van der Waals surface area contributed by atoms with Crippen LogP contribution in [0, 0.1) is 45.8 Å². The molecule has 1 heteroatoms. The summed E-state index contributed by atoms with van der Waals surface area (Å²) in [7, 11) is 0. The predicted molar refractivity (Wildman–Crippen MR) is 128 cm³/mol. The van der Waals surface area contributed by atoms with E-state index in [0.29, 0.717) is 21.0 Å². The molecule has 5 rings (SSSR count). The second-order valence-electron chi connectivity index (χ2n) is 13.0. The van der Waals surface area contributed by atoms with E-state index in [9.17, 15) is 0 Å². The molecule has 0 nitrogen and oxygen atoms in total. The Hall–Kier alpha value is 0.0900. The summed E-state index contributed by atoms with van der Waals surface area (Å²) in [6, 6.07) is 0. The number of hydrogen-bond donors (Lipinski definition) is 1. The van der Waals surface area contributed by atoms with Crippen molar-refractivity contribution in [2.75, 3.05) is 0 Å². The molecule has 0 spiro atoms. The number of fused-ring (bicyclic) bond motifs is 7. The number of hydrogen-bond acceptors (Lipinski definition) is 1. The summed E-state index contributed by atoms with van der Waals surface area (Å²) >= 11 is 5.31. The molecule has 164 valence electrons. The summed E-state index contributed by atoms with van der Waals surface area (Å²) in [5.74, 6) is 4.73. The van der Waals surface area contributed by atoms with E-state index >= 15 is 0 Å². The monoisotopic (exact) mass is 414 g/mol. The largest absolute Gasteiger partial charge is 0.172 e. The molecule has 29 heavy (non-hydrogen) atoms. The number of thiol groups is 1. The molecule has 0 aromatic rings. The van der Waals surface area contributed by atoms with Gasteiger partial charge in [-0.15, -0.1) is 0 Å². The predicted octanol–water partition coefficient (Wildman–Crippen LogP) is 8.47. The molecule has 5 saturated carbocycles. The molecule has 8 atom stereocenters. The summed E-state index contributed by atoms with van der Waals surface area (Å²) in [5, 5.41) is 0. The molecule has 0 aromatic carbocycles. The summed E-state index contributed by atoms with van der Waals surface area (Å²) < 4.78 is 0.401. The van der Waals surface area contributed by atoms with Gasteiger partial charge in [0.2, 0.25) is 0 Å². The van der Waals surface area contributed by atoms with Gasteiger partial charge in [-0.2, -0.15) is 12.6 Å². The van der Waals surface area contributed by atoms with E-state index in [1.807, 2.05) is 0 Å². The molecule has 0 amide bonds. The van der Waals surface area contributed by atoms with Crippen molar-refractivity contribution in [1.29, 1.82) is 0 Å². The van der Waals surface area contributed by atoms with Crippen LogP contribution in [0.2, 0.25) is 0 Å². The lowest BCUT2D eigenvalue weighted by Gasteiger charge is -2.68. The van der Waals surface area contributed by atoms with E-state index in [-0.39, 0.29) is 0 Å². The Labute approximate surface area is 186 Å². The Kier molecular flexibility index (Phi) is 4.91. The van der Waals surface area contributed by atoms with Crippen LogP contribution in [-0.2, 0) is 0 Å². The molecule has 0 aromatic heterocycles. The maximum atomic E-state index is 5.31. The van der Waals surface area contributed by atoms with Gasteiger partial charge in [-0.3, -0.25) is 0 Å². The van der Waals surface area contributed by atoms with Crippen LogP contribution in [0.1, 0.15) is 112 Å². The quantitative estimate of drug-likeness (QED) is 0.323. The first kappa shape index (κ1) is 21.0. The highest BCUT2D eigenvalue weighted by atomic mass is 32.1. The molecule has 0 N–H and O–H groups in total. The van der Waals surface area contributed by atoms with Crippen molar-refractivity contribution in [3.05, 3.63) is 11.6 Å². The zero-order chi connectivity index (χ0) is 20.7. The van der Waals surface area contributed by atoms with Gasteiger partial charge < -0.3 is 0 Å². The van der Waals surface area contributed by atoms with E-state index in [0.717, 1.165) is 29.6 Å².